The zero-order valence-electron chi connectivity index (χ0n) is 14.0. The lowest BCUT2D eigenvalue weighted by Crippen LogP contribution is -2.43. The molecule has 1 N–H and O–H groups in total. The second-order valence-corrected chi connectivity index (χ2v) is 6.72. The fourth-order valence-electron chi connectivity index (χ4n) is 3.55. The van der Waals surface area contributed by atoms with Gasteiger partial charge >= 0.3 is 0 Å². The summed E-state index contributed by atoms with van der Waals surface area (Å²) < 4.78 is 0. The molecular weight excluding hydrogens is 256 g/mol. The van der Waals surface area contributed by atoms with E-state index in [1.165, 1.54) is 50.9 Å². The summed E-state index contributed by atoms with van der Waals surface area (Å²) >= 11 is 0. The van der Waals surface area contributed by atoms with E-state index in [2.05, 4.69) is 61.3 Å². The molecule has 0 radical (unpaired) electrons. The third-order valence-electron chi connectivity index (χ3n) is 4.68. The zero-order valence-corrected chi connectivity index (χ0v) is 14.0. The lowest BCUT2D eigenvalue weighted by molar-refractivity contribution is 0.111. The number of hydrogen-bond acceptors (Lipinski definition) is 2. The number of benzene rings is 1. The number of piperidine rings is 1. The van der Waals surface area contributed by atoms with Gasteiger partial charge in [0.2, 0.25) is 0 Å². The van der Waals surface area contributed by atoms with Crippen LogP contribution in [0.25, 0.3) is 0 Å². The fraction of sp³-hybridized carbons (Fsp3) is 0.684. The predicted molar refractivity (Wildman–Crippen MR) is 91.5 cm³/mol. The Morgan fingerprint density at radius 2 is 2.00 bits per heavy atom. The summed E-state index contributed by atoms with van der Waals surface area (Å²) in [5.74, 6) is 0.809. The molecule has 2 unspecified atom stereocenters. The molecular formula is C19H32N2. The van der Waals surface area contributed by atoms with Gasteiger partial charge in [-0.25, -0.2) is 0 Å². The zero-order chi connectivity index (χ0) is 15.1. The highest BCUT2D eigenvalue weighted by Crippen LogP contribution is 2.29. The van der Waals surface area contributed by atoms with Gasteiger partial charge < -0.3 is 5.32 Å². The van der Waals surface area contributed by atoms with Gasteiger partial charge in [-0.1, -0.05) is 43.7 Å². The van der Waals surface area contributed by atoms with Crippen LogP contribution in [0.2, 0.25) is 0 Å². The number of nitrogens with zero attached hydrogens (tertiary/aromatic N) is 1. The van der Waals surface area contributed by atoms with Crippen molar-refractivity contribution >= 4 is 0 Å². The molecule has 1 heterocycles. The number of hydrogen-bond donors (Lipinski definition) is 1. The van der Waals surface area contributed by atoms with Crippen molar-refractivity contribution in [3.05, 3.63) is 35.9 Å². The Balaban J connectivity index is 2.12. The Morgan fingerprint density at radius 1 is 1.24 bits per heavy atom. The van der Waals surface area contributed by atoms with Gasteiger partial charge in [0.25, 0.3) is 0 Å². The van der Waals surface area contributed by atoms with Crippen LogP contribution < -0.4 is 5.32 Å². The highest BCUT2D eigenvalue weighted by Gasteiger charge is 2.25. The molecule has 0 saturated carbocycles. The summed E-state index contributed by atoms with van der Waals surface area (Å²) in [6, 6.07) is 12.2. The van der Waals surface area contributed by atoms with Gasteiger partial charge in [0.05, 0.1) is 0 Å². The van der Waals surface area contributed by atoms with Crippen LogP contribution in [0.15, 0.2) is 30.3 Å². The summed E-state index contributed by atoms with van der Waals surface area (Å²) in [5, 5.41) is 3.56. The Labute approximate surface area is 130 Å². The van der Waals surface area contributed by atoms with Crippen LogP contribution in [-0.2, 0) is 0 Å². The summed E-state index contributed by atoms with van der Waals surface area (Å²) in [6.07, 6.45) is 5.21. The molecule has 0 aliphatic carbocycles. The molecule has 0 amide bonds. The highest BCUT2D eigenvalue weighted by molar-refractivity contribution is 5.19. The fourth-order valence-corrected chi connectivity index (χ4v) is 3.55. The smallest absolute Gasteiger partial charge is 0.0350 e. The van der Waals surface area contributed by atoms with E-state index >= 15 is 0 Å². The lowest BCUT2D eigenvalue weighted by atomic mass is 9.94. The topological polar surface area (TPSA) is 15.3 Å². The van der Waals surface area contributed by atoms with E-state index in [1.54, 1.807) is 0 Å². The Kier molecular flexibility index (Phi) is 6.72. The molecule has 1 aromatic rings. The Bertz CT molecular complexity index is 382. The first kappa shape index (κ1) is 16.5. The average molecular weight is 288 g/mol. The molecule has 118 valence electrons. The van der Waals surface area contributed by atoms with Crippen molar-refractivity contribution in [3.63, 3.8) is 0 Å². The lowest BCUT2D eigenvalue weighted by Gasteiger charge is -2.39. The van der Waals surface area contributed by atoms with Crippen LogP contribution in [0.5, 0.6) is 0 Å². The first-order valence-corrected chi connectivity index (χ1v) is 8.73. The summed E-state index contributed by atoms with van der Waals surface area (Å²) in [6.45, 7) is 10.6. The molecule has 0 spiro atoms. The van der Waals surface area contributed by atoms with Crippen molar-refractivity contribution in [2.24, 2.45) is 5.92 Å². The SMILES string of the molecule is CCCC(c1ccccc1)N(CC1CCCNC1)C(C)C. The molecule has 2 heteroatoms. The molecule has 2 nitrogen and oxygen atoms in total. The van der Waals surface area contributed by atoms with Gasteiger partial charge in [-0.3, -0.25) is 4.90 Å². The molecule has 2 atom stereocenters. The van der Waals surface area contributed by atoms with Gasteiger partial charge in [-0.15, -0.1) is 0 Å². The minimum absolute atomic E-state index is 0.568. The quantitative estimate of drug-likeness (QED) is 0.807. The van der Waals surface area contributed by atoms with Gasteiger partial charge in [0, 0.05) is 18.6 Å². The molecule has 0 bridgehead atoms. The van der Waals surface area contributed by atoms with E-state index in [0.717, 1.165) is 5.92 Å². The standard InChI is InChI=1S/C19H32N2/c1-4-9-19(18-11-6-5-7-12-18)21(16(2)3)15-17-10-8-13-20-14-17/h5-7,11-12,16-17,19-20H,4,8-10,13-15H2,1-3H3. The summed E-state index contributed by atoms with van der Waals surface area (Å²) in [5.41, 5.74) is 1.48. The largest absolute Gasteiger partial charge is 0.316 e. The van der Waals surface area contributed by atoms with Crippen molar-refractivity contribution in [2.75, 3.05) is 19.6 Å². The van der Waals surface area contributed by atoms with Crippen LogP contribution >= 0.6 is 0 Å². The van der Waals surface area contributed by atoms with E-state index in [9.17, 15) is 0 Å². The second kappa shape index (κ2) is 8.55. The van der Waals surface area contributed by atoms with Gasteiger partial charge in [0.15, 0.2) is 0 Å². The van der Waals surface area contributed by atoms with E-state index in [0.29, 0.717) is 12.1 Å². The van der Waals surface area contributed by atoms with Gasteiger partial charge in [0.1, 0.15) is 0 Å². The van der Waals surface area contributed by atoms with Crippen LogP contribution in [0.4, 0.5) is 0 Å². The predicted octanol–water partition coefficient (Wildman–Crippen LogP) is 4.24. The normalized spacial score (nSPS) is 20.9. The molecule has 1 aliphatic heterocycles. The molecule has 1 fully saturated rings. The Morgan fingerprint density at radius 3 is 2.57 bits per heavy atom. The molecule has 21 heavy (non-hydrogen) atoms. The third-order valence-corrected chi connectivity index (χ3v) is 4.68. The third kappa shape index (κ3) is 4.82. The first-order chi connectivity index (χ1) is 10.2. The molecule has 1 saturated heterocycles. The highest BCUT2D eigenvalue weighted by atomic mass is 15.2. The van der Waals surface area contributed by atoms with Crippen LogP contribution in [0.3, 0.4) is 0 Å². The van der Waals surface area contributed by atoms with Crippen molar-refractivity contribution in [3.8, 4) is 0 Å². The molecule has 1 aliphatic rings. The van der Waals surface area contributed by atoms with Crippen molar-refractivity contribution in [1.29, 1.82) is 0 Å². The van der Waals surface area contributed by atoms with Crippen molar-refractivity contribution in [1.82, 2.24) is 10.2 Å². The van der Waals surface area contributed by atoms with E-state index in [-0.39, 0.29) is 0 Å². The monoisotopic (exact) mass is 288 g/mol. The van der Waals surface area contributed by atoms with Crippen LogP contribution in [0.1, 0.15) is 58.1 Å². The average Bonchev–Trinajstić information content (AvgIpc) is 2.52. The Hall–Kier alpha value is -0.860. The van der Waals surface area contributed by atoms with E-state index in [4.69, 9.17) is 0 Å². The van der Waals surface area contributed by atoms with Crippen LogP contribution in [0, 0.1) is 5.92 Å². The van der Waals surface area contributed by atoms with Crippen LogP contribution in [-0.4, -0.2) is 30.6 Å². The molecule has 1 aromatic carbocycles. The maximum atomic E-state index is 3.56. The summed E-state index contributed by atoms with van der Waals surface area (Å²) in [4.78, 5) is 2.73. The number of nitrogens with one attached hydrogen (secondary N) is 1. The first-order valence-electron chi connectivity index (χ1n) is 8.73. The van der Waals surface area contributed by atoms with Gasteiger partial charge in [-0.2, -0.15) is 0 Å². The second-order valence-electron chi connectivity index (χ2n) is 6.72. The minimum atomic E-state index is 0.568. The van der Waals surface area contributed by atoms with Gasteiger partial charge in [-0.05, 0) is 57.7 Å². The van der Waals surface area contributed by atoms with E-state index < -0.39 is 0 Å². The van der Waals surface area contributed by atoms with Crippen molar-refractivity contribution < 1.29 is 0 Å². The number of rotatable bonds is 7. The maximum Gasteiger partial charge on any atom is 0.0350 e. The maximum absolute atomic E-state index is 3.56. The summed E-state index contributed by atoms with van der Waals surface area (Å²) in [7, 11) is 0. The minimum Gasteiger partial charge on any atom is -0.316 e. The molecule has 2 rings (SSSR count). The van der Waals surface area contributed by atoms with E-state index in [1.807, 2.05) is 0 Å². The molecule has 0 aromatic heterocycles. The van der Waals surface area contributed by atoms with Crippen molar-refractivity contribution in [2.45, 2.75) is 58.5 Å².